The fourth-order valence-corrected chi connectivity index (χ4v) is 2.97. The third kappa shape index (κ3) is 4.15. The van der Waals surface area contributed by atoms with Gasteiger partial charge in [0.2, 0.25) is 10.0 Å². The summed E-state index contributed by atoms with van der Waals surface area (Å²) in [6.45, 7) is 0.327. The highest BCUT2D eigenvalue weighted by Gasteiger charge is 2.13. The minimum absolute atomic E-state index is 0.0442. The molecule has 0 unspecified atom stereocenters. The first-order valence-corrected chi connectivity index (χ1v) is 7.85. The molecule has 0 saturated heterocycles. The van der Waals surface area contributed by atoms with Crippen LogP contribution in [0.4, 0.5) is 4.39 Å². The van der Waals surface area contributed by atoms with Gasteiger partial charge in [0, 0.05) is 6.54 Å². The van der Waals surface area contributed by atoms with E-state index in [1.165, 1.54) is 18.2 Å². The first-order chi connectivity index (χ1) is 9.58. The van der Waals surface area contributed by atoms with Gasteiger partial charge in [0.1, 0.15) is 5.82 Å². The second-order valence-electron chi connectivity index (χ2n) is 4.44. The van der Waals surface area contributed by atoms with Gasteiger partial charge in [-0.05, 0) is 36.6 Å². The molecule has 0 radical (unpaired) electrons. The molecule has 106 valence electrons. The predicted octanol–water partition coefficient (Wildman–Crippen LogP) is 2.74. The smallest absolute Gasteiger partial charge is 0.211 e. The van der Waals surface area contributed by atoms with Crippen LogP contribution in [-0.4, -0.2) is 15.0 Å². The Balaban J connectivity index is 1.87. The second-order valence-corrected chi connectivity index (χ2v) is 6.21. The lowest BCUT2D eigenvalue weighted by molar-refractivity contribution is 0.575. The third-order valence-corrected chi connectivity index (χ3v) is 4.34. The predicted molar refractivity (Wildman–Crippen MR) is 76.4 cm³/mol. The molecule has 2 aromatic rings. The van der Waals surface area contributed by atoms with Crippen molar-refractivity contribution in [2.75, 3.05) is 6.54 Å². The zero-order valence-corrected chi connectivity index (χ0v) is 11.7. The molecular weight excluding hydrogens is 277 g/mol. The van der Waals surface area contributed by atoms with Crippen LogP contribution in [0.2, 0.25) is 0 Å². The maximum Gasteiger partial charge on any atom is 0.240 e. The topological polar surface area (TPSA) is 46.2 Å². The minimum Gasteiger partial charge on any atom is -0.211 e. The number of nitrogens with one attached hydrogen (secondary N) is 1. The van der Waals surface area contributed by atoms with Gasteiger partial charge in [-0.1, -0.05) is 36.4 Å². The summed E-state index contributed by atoms with van der Waals surface area (Å²) < 4.78 is 39.3. The molecule has 0 aromatic heterocycles. The summed E-state index contributed by atoms with van der Waals surface area (Å²) in [6.07, 6.45) is 1.49. The highest BCUT2D eigenvalue weighted by molar-refractivity contribution is 7.89. The SMILES string of the molecule is O=S(=O)(NCCCc1ccccc1)c1cccc(F)c1. The summed E-state index contributed by atoms with van der Waals surface area (Å²) in [6, 6.07) is 14.8. The normalized spacial score (nSPS) is 11.4. The van der Waals surface area contributed by atoms with Crippen LogP contribution in [0, 0.1) is 5.82 Å². The van der Waals surface area contributed by atoms with Crippen molar-refractivity contribution >= 4 is 10.0 Å². The summed E-state index contributed by atoms with van der Waals surface area (Å²) in [7, 11) is -3.63. The number of halogens is 1. The lowest BCUT2D eigenvalue weighted by atomic mass is 10.1. The molecule has 20 heavy (non-hydrogen) atoms. The van der Waals surface area contributed by atoms with Gasteiger partial charge in [-0.25, -0.2) is 17.5 Å². The van der Waals surface area contributed by atoms with Gasteiger partial charge >= 0.3 is 0 Å². The van der Waals surface area contributed by atoms with E-state index >= 15 is 0 Å². The van der Waals surface area contributed by atoms with Gasteiger partial charge in [0.25, 0.3) is 0 Å². The Morgan fingerprint density at radius 3 is 2.45 bits per heavy atom. The summed E-state index contributed by atoms with van der Waals surface area (Å²) in [4.78, 5) is -0.0442. The van der Waals surface area contributed by atoms with Crippen LogP contribution in [0.15, 0.2) is 59.5 Å². The Bertz CT molecular complexity index is 657. The number of aryl methyl sites for hydroxylation is 1. The van der Waals surface area contributed by atoms with E-state index in [1.807, 2.05) is 30.3 Å². The van der Waals surface area contributed by atoms with Crippen LogP contribution in [0.3, 0.4) is 0 Å². The standard InChI is InChI=1S/C15H16FNO2S/c16-14-9-4-10-15(12-14)20(18,19)17-11-5-8-13-6-2-1-3-7-13/h1-4,6-7,9-10,12,17H,5,8,11H2. The summed E-state index contributed by atoms with van der Waals surface area (Å²) >= 11 is 0. The average molecular weight is 293 g/mol. The lowest BCUT2D eigenvalue weighted by Crippen LogP contribution is -2.25. The molecule has 0 aliphatic heterocycles. The Morgan fingerprint density at radius 2 is 1.75 bits per heavy atom. The van der Waals surface area contributed by atoms with Crippen LogP contribution in [-0.2, 0) is 16.4 Å². The Kier molecular flexibility index (Phi) is 4.87. The average Bonchev–Trinajstić information content (AvgIpc) is 2.45. The largest absolute Gasteiger partial charge is 0.240 e. The summed E-state index contributed by atoms with van der Waals surface area (Å²) in [5, 5.41) is 0. The Hall–Kier alpha value is -1.72. The Morgan fingerprint density at radius 1 is 1.00 bits per heavy atom. The van der Waals surface area contributed by atoms with Crippen LogP contribution in [0.25, 0.3) is 0 Å². The molecule has 0 aliphatic carbocycles. The lowest BCUT2D eigenvalue weighted by Gasteiger charge is -2.07. The van der Waals surface area contributed by atoms with Crippen molar-refractivity contribution in [2.45, 2.75) is 17.7 Å². The number of rotatable bonds is 6. The van der Waals surface area contributed by atoms with Gasteiger partial charge in [-0.15, -0.1) is 0 Å². The van der Waals surface area contributed by atoms with Crippen molar-refractivity contribution in [1.29, 1.82) is 0 Å². The fraction of sp³-hybridized carbons (Fsp3) is 0.200. The van der Waals surface area contributed by atoms with Gasteiger partial charge in [-0.3, -0.25) is 0 Å². The highest BCUT2D eigenvalue weighted by Crippen LogP contribution is 2.10. The van der Waals surface area contributed by atoms with E-state index in [0.29, 0.717) is 13.0 Å². The van der Waals surface area contributed by atoms with Gasteiger partial charge in [0.15, 0.2) is 0 Å². The quantitative estimate of drug-likeness (QED) is 0.832. The van der Waals surface area contributed by atoms with Crippen LogP contribution in [0.1, 0.15) is 12.0 Å². The van der Waals surface area contributed by atoms with Gasteiger partial charge < -0.3 is 0 Å². The van der Waals surface area contributed by atoms with Crippen molar-refractivity contribution in [2.24, 2.45) is 0 Å². The number of benzene rings is 2. The summed E-state index contributed by atoms with van der Waals surface area (Å²) in [5.41, 5.74) is 1.16. The van der Waals surface area contributed by atoms with Crippen molar-refractivity contribution in [3.8, 4) is 0 Å². The minimum atomic E-state index is -3.63. The van der Waals surface area contributed by atoms with E-state index in [9.17, 15) is 12.8 Å². The second kappa shape index (κ2) is 6.63. The first kappa shape index (κ1) is 14.7. The molecule has 1 N–H and O–H groups in total. The van der Waals surface area contributed by atoms with Crippen LogP contribution < -0.4 is 4.72 Å². The molecule has 0 amide bonds. The molecule has 2 rings (SSSR count). The van der Waals surface area contributed by atoms with E-state index in [2.05, 4.69) is 4.72 Å². The van der Waals surface area contributed by atoms with E-state index in [4.69, 9.17) is 0 Å². The molecule has 0 bridgehead atoms. The molecule has 0 fully saturated rings. The molecule has 3 nitrogen and oxygen atoms in total. The monoisotopic (exact) mass is 293 g/mol. The third-order valence-electron chi connectivity index (χ3n) is 2.88. The van der Waals surface area contributed by atoms with Gasteiger partial charge in [-0.2, -0.15) is 0 Å². The maximum absolute atomic E-state index is 13.0. The molecule has 0 spiro atoms. The van der Waals surface area contributed by atoms with Crippen molar-refractivity contribution in [3.63, 3.8) is 0 Å². The molecule has 0 aliphatic rings. The van der Waals surface area contributed by atoms with E-state index < -0.39 is 15.8 Å². The molecule has 2 aromatic carbocycles. The number of hydrogen-bond acceptors (Lipinski definition) is 2. The van der Waals surface area contributed by atoms with Crippen LogP contribution in [0.5, 0.6) is 0 Å². The van der Waals surface area contributed by atoms with Crippen molar-refractivity contribution < 1.29 is 12.8 Å². The maximum atomic E-state index is 13.0. The van der Waals surface area contributed by atoms with E-state index in [1.54, 1.807) is 0 Å². The molecular formula is C15H16FNO2S. The Labute approximate surface area is 118 Å². The zero-order chi connectivity index (χ0) is 14.4. The highest BCUT2D eigenvalue weighted by atomic mass is 32.2. The molecule has 5 heteroatoms. The van der Waals surface area contributed by atoms with Gasteiger partial charge in [0.05, 0.1) is 4.90 Å². The molecule has 0 heterocycles. The van der Waals surface area contributed by atoms with E-state index in [-0.39, 0.29) is 4.90 Å². The molecule has 0 atom stereocenters. The van der Waals surface area contributed by atoms with Crippen molar-refractivity contribution in [1.82, 2.24) is 4.72 Å². The number of hydrogen-bond donors (Lipinski definition) is 1. The zero-order valence-electron chi connectivity index (χ0n) is 10.9. The fourth-order valence-electron chi connectivity index (χ4n) is 1.86. The summed E-state index contributed by atoms with van der Waals surface area (Å²) in [5.74, 6) is -0.558. The first-order valence-electron chi connectivity index (χ1n) is 6.37. The van der Waals surface area contributed by atoms with E-state index in [0.717, 1.165) is 18.1 Å². The van der Waals surface area contributed by atoms with Crippen molar-refractivity contribution in [3.05, 3.63) is 66.0 Å². The molecule has 0 saturated carbocycles. The number of sulfonamides is 1. The van der Waals surface area contributed by atoms with Crippen LogP contribution >= 0.6 is 0 Å².